The summed E-state index contributed by atoms with van der Waals surface area (Å²) in [5, 5.41) is 3.44. The summed E-state index contributed by atoms with van der Waals surface area (Å²) in [5.41, 5.74) is 1.16. The Bertz CT molecular complexity index is 448. The van der Waals surface area contributed by atoms with Crippen molar-refractivity contribution in [3.63, 3.8) is 0 Å². The maximum absolute atomic E-state index is 4.87. The van der Waals surface area contributed by atoms with E-state index in [4.69, 9.17) is 4.98 Å². The van der Waals surface area contributed by atoms with Gasteiger partial charge in [0.05, 0.1) is 5.69 Å². The van der Waals surface area contributed by atoms with Crippen molar-refractivity contribution in [1.29, 1.82) is 0 Å². The van der Waals surface area contributed by atoms with Crippen LogP contribution in [-0.2, 0) is 6.54 Å². The highest BCUT2D eigenvalue weighted by Crippen LogP contribution is 2.24. The predicted molar refractivity (Wildman–Crippen MR) is 87.7 cm³/mol. The summed E-state index contributed by atoms with van der Waals surface area (Å²) in [5.74, 6) is 1.17. The topological polar surface area (TPSA) is 31.4 Å². The van der Waals surface area contributed by atoms with Gasteiger partial charge in [-0.15, -0.1) is 0 Å². The summed E-state index contributed by atoms with van der Waals surface area (Å²) < 4.78 is 0. The van der Waals surface area contributed by atoms with Gasteiger partial charge in [0.15, 0.2) is 0 Å². The third-order valence-corrected chi connectivity index (χ3v) is 4.65. The number of anilines is 1. The first-order valence-electron chi connectivity index (χ1n) is 8.52. The summed E-state index contributed by atoms with van der Waals surface area (Å²) in [6.07, 6.45) is 5.15. The van der Waals surface area contributed by atoms with E-state index in [2.05, 4.69) is 40.2 Å². The summed E-state index contributed by atoms with van der Waals surface area (Å²) >= 11 is 0. The quantitative estimate of drug-likeness (QED) is 0.842. The zero-order valence-electron chi connectivity index (χ0n) is 13.2. The molecule has 3 rings (SSSR count). The maximum atomic E-state index is 4.87. The highest BCUT2D eigenvalue weighted by atomic mass is 15.3. The van der Waals surface area contributed by atoms with Crippen LogP contribution in [0.4, 0.5) is 5.82 Å². The van der Waals surface area contributed by atoms with Crippen LogP contribution < -0.4 is 10.2 Å². The van der Waals surface area contributed by atoms with Gasteiger partial charge in [-0.3, -0.25) is 4.90 Å². The highest BCUT2D eigenvalue weighted by Gasteiger charge is 2.29. The van der Waals surface area contributed by atoms with Gasteiger partial charge < -0.3 is 10.2 Å². The third-order valence-electron chi connectivity index (χ3n) is 4.65. The van der Waals surface area contributed by atoms with Gasteiger partial charge in [-0.2, -0.15) is 0 Å². The fourth-order valence-corrected chi connectivity index (χ4v) is 3.55. The van der Waals surface area contributed by atoms with Crippen molar-refractivity contribution in [1.82, 2.24) is 15.2 Å². The zero-order chi connectivity index (χ0) is 14.5. The Morgan fingerprint density at radius 1 is 1.24 bits per heavy atom. The summed E-state index contributed by atoms with van der Waals surface area (Å²) in [7, 11) is 0. The molecule has 0 bridgehead atoms. The minimum absolute atomic E-state index is 0.746. The van der Waals surface area contributed by atoms with Gasteiger partial charge in [0.1, 0.15) is 5.82 Å². The van der Waals surface area contributed by atoms with Gasteiger partial charge in [0.25, 0.3) is 0 Å². The van der Waals surface area contributed by atoms with E-state index in [0.717, 1.165) is 37.9 Å². The molecule has 2 saturated heterocycles. The van der Waals surface area contributed by atoms with Gasteiger partial charge in [-0.05, 0) is 50.9 Å². The SMILES string of the molecule is CCCNCc1cccc(N2CCCN3CCCC3C2)n1. The fourth-order valence-electron chi connectivity index (χ4n) is 3.55. The molecule has 0 aliphatic carbocycles. The smallest absolute Gasteiger partial charge is 0.128 e. The molecule has 4 heteroatoms. The van der Waals surface area contributed by atoms with Crippen LogP contribution in [0.3, 0.4) is 0 Å². The number of hydrogen-bond acceptors (Lipinski definition) is 4. The second-order valence-electron chi connectivity index (χ2n) is 6.30. The first kappa shape index (κ1) is 14.8. The highest BCUT2D eigenvalue weighted by molar-refractivity contribution is 5.40. The molecule has 1 aromatic rings. The Hall–Kier alpha value is -1.13. The van der Waals surface area contributed by atoms with Crippen LogP contribution in [0, 0.1) is 0 Å². The summed E-state index contributed by atoms with van der Waals surface area (Å²) in [4.78, 5) is 10.0. The molecular formula is C17H28N4. The predicted octanol–water partition coefficient (Wildman–Crippen LogP) is 2.26. The molecule has 2 fully saturated rings. The van der Waals surface area contributed by atoms with Crippen molar-refractivity contribution in [2.45, 2.75) is 45.2 Å². The second kappa shape index (κ2) is 7.23. The molecular weight excluding hydrogens is 260 g/mol. The average Bonchev–Trinajstić information content (AvgIpc) is 2.85. The standard InChI is InChI=1S/C17H28N4/c1-2-9-18-13-15-6-3-8-17(19-15)21-12-5-11-20-10-4-7-16(20)14-21/h3,6,8,16,18H,2,4-5,7,9-14H2,1H3. The normalized spacial score (nSPS) is 23.1. The fraction of sp³-hybridized carbons (Fsp3) is 0.706. The number of rotatable bonds is 5. The largest absolute Gasteiger partial charge is 0.355 e. The molecule has 1 aromatic heterocycles. The lowest BCUT2D eigenvalue weighted by molar-refractivity contribution is 0.273. The molecule has 0 saturated carbocycles. The van der Waals surface area contributed by atoms with Gasteiger partial charge >= 0.3 is 0 Å². The molecule has 0 amide bonds. The molecule has 116 valence electrons. The van der Waals surface area contributed by atoms with Crippen molar-refractivity contribution in [2.75, 3.05) is 37.6 Å². The first-order chi connectivity index (χ1) is 10.4. The lowest BCUT2D eigenvalue weighted by atomic mass is 10.2. The molecule has 1 N–H and O–H groups in total. The second-order valence-corrected chi connectivity index (χ2v) is 6.30. The van der Waals surface area contributed by atoms with E-state index in [-0.39, 0.29) is 0 Å². The maximum Gasteiger partial charge on any atom is 0.128 e. The number of hydrogen-bond donors (Lipinski definition) is 1. The van der Waals surface area contributed by atoms with Gasteiger partial charge in [0.2, 0.25) is 0 Å². The number of aromatic nitrogens is 1. The zero-order valence-corrected chi connectivity index (χ0v) is 13.2. The van der Waals surface area contributed by atoms with Crippen LogP contribution in [0.15, 0.2) is 18.2 Å². The number of nitrogens with zero attached hydrogens (tertiary/aromatic N) is 3. The van der Waals surface area contributed by atoms with Crippen LogP contribution in [0.2, 0.25) is 0 Å². The summed E-state index contributed by atoms with van der Waals surface area (Å²) in [6.45, 7) is 9.00. The van der Waals surface area contributed by atoms with E-state index in [1.807, 2.05) is 0 Å². The Balaban J connectivity index is 1.66. The van der Waals surface area contributed by atoms with E-state index in [9.17, 15) is 0 Å². The van der Waals surface area contributed by atoms with Crippen LogP contribution in [0.1, 0.15) is 38.3 Å². The minimum Gasteiger partial charge on any atom is -0.355 e. The van der Waals surface area contributed by atoms with Crippen molar-refractivity contribution in [2.24, 2.45) is 0 Å². The summed E-state index contributed by atoms with van der Waals surface area (Å²) in [6, 6.07) is 7.21. The monoisotopic (exact) mass is 288 g/mol. The molecule has 0 radical (unpaired) electrons. The van der Waals surface area contributed by atoms with E-state index in [1.54, 1.807) is 0 Å². The lowest BCUT2D eigenvalue weighted by Crippen LogP contribution is -2.37. The van der Waals surface area contributed by atoms with Crippen molar-refractivity contribution in [3.05, 3.63) is 23.9 Å². The van der Waals surface area contributed by atoms with Crippen LogP contribution in [-0.4, -0.2) is 48.6 Å². The van der Waals surface area contributed by atoms with Gasteiger partial charge in [0, 0.05) is 32.2 Å². The molecule has 1 atom stereocenters. The molecule has 2 aliphatic rings. The Labute approximate surface area is 128 Å². The molecule has 0 spiro atoms. The minimum atomic E-state index is 0.746. The number of nitrogens with one attached hydrogen (secondary N) is 1. The number of pyridine rings is 1. The molecule has 1 unspecified atom stereocenters. The van der Waals surface area contributed by atoms with E-state index in [1.165, 1.54) is 44.6 Å². The Morgan fingerprint density at radius 2 is 2.14 bits per heavy atom. The first-order valence-corrected chi connectivity index (χ1v) is 8.52. The van der Waals surface area contributed by atoms with Crippen LogP contribution >= 0.6 is 0 Å². The molecule has 21 heavy (non-hydrogen) atoms. The molecule has 2 aliphatic heterocycles. The van der Waals surface area contributed by atoms with Crippen molar-refractivity contribution < 1.29 is 0 Å². The lowest BCUT2D eigenvalue weighted by Gasteiger charge is -2.26. The third kappa shape index (κ3) is 3.74. The molecule has 0 aromatic carbocycles. The van der Waals surface area contributed by atoms with Crippen LogP contribution in [0.25, 0.3) is 0 Å². The Kier molecular flexibility index (Phi) is 5.09. The van der Waals surface area contributed by atoms with Crippen molar-refractivity contribution in [3.8, 4) is 0 Å². The van der Waals surface area contributed by atoms with E-state index < -0.39 is 0 Å². The van der Waals surface area contributed by atoms with Gasteiger partial charge in [-0.25, -0.2) is 4.98 Å². The van der Waals surface area contributed by atoms with E-state index in [0.29, 0.717) is 0 Å². The van der Waals surface area contributed by atoms with Crippen LogP contribution in [0.5, 0.6) is 0 Å². The molecule has 3 heterocycles. The number of fused-ring (bicyclic) bond motifs is 1. The van der Waals surface area contributed by atoms with E-state index >= 15 is 0 Å². The average molecular weight is 288 g/mol. The van der Waals surface area contributed by atoms with Gasteiger partial charge in [-0.1, -0.05) is 13.0 Å². The van der Waals surface area contributed by atoms with Crippen molar-refractivity contribution >= 4 is 5.82 Å². The Morgan fingerprint density at radius 3 is 3.05 bits per heavy atom. The molecule has 4 nitrogen and oxygen atoms in total.